The molecule has 0 aromatic carbocycles. The van der Waals surface area contributed by atoms with Crippen LogP contribution in [-0.2, 0) is 4.74 Å². The van der Waals surface area contributed by atoms with Gasteiger partial charge in [-0.2, -0.15) is 0 Å². The highest BCUT2D eigenvalue weighted by Gasteiger charge is 2.31. The molecule has 0 spiro atoms. The topological polar surface area (TPSA) is 22.1 Å². The molecular formula is C14H23NO. The summed E-state index contributed by atoms with van der Waals surface area (Å²) in [4.78, 5) is 4.40. The first-order valence-corrected chi connectivity index (χ1v) is 5.79. The molecule has 1 aromatic rings. The summed E-state index contributed by atoms with van der Waals surface area (Å²) in [6, 6.07) is 5.97. The van der Waals surface area contributed by atoms with Crippen LogP contribution in [0.4, 0.5) is 0 Å². The lowest BCUT2D eigenvalue weighted by Crippen LogP contribution is -2.30. The van der Waals surface area contributed by atoms with Gasteiger partial charge in [0.05, 0.1) is 11.3 Å². The van der Waals surface area contributed by atoms with Crippen LogP contribution >= 0.6 is 0 Å². The molecule has 0 aliphatic carbocycles. The van der Waals surface area contributed by atoms with Gasteiger partial charge in [-0.25, -0.2) is 0 Å². The molecule has 0 aliphatic rings. The van der Waals surface area contributed by atoms with Crippen LogP contribution in [0.15, 0.2) is 24.4 Å². The average Bonchev–Trinajstić information content (AvgIpc) is 2.13. The van der Waals surface area contributed by atoms with Gasteiger partial charge in [-0.1, -0.05) is 26.8 Å². The summed E-state index contributed by atoms with van der Waals surface area (Å²) in [6.45, 7) is 12.8. The summed E-state index contributed by atoms with van der Waals surface area (Å²) in [6.07, 6.45) is 1.84. The molecular weight excluding hydrogens is 198 g/mol. The maximum absolute atomic E-state index is 6.13. The predicted molar refractivity (Wildman–Crippen MR) is 67.3 cm³/mol. The van der Waals surface area contributed by atoms with Crippen molar-refractivity contribution in [2.75, 3.05) is 0 Å². The third-order valence-electron chi connectivity index (χ3n) is 2.21. The van der Waals surface area contributed by atoms with Crippen LogP contribution in [-0.4, -0.2) is 10.6 Å². The number of pyridine rings is 1. The van der Waals surface area contributed by atoms with Gasteiger partial charge in [0.25, 0.3) is 0 Å². The zero-order valence-electron chi connectivity index (χ0n) is 11.2. The lowest BCUT2D eigenvalue weighted by Gasteiger charge is -2.35. The van der Waals surface area contributed by atoms with Gasteiger partial charge < -0.3 is 4.74 Å². The van der Waals surface area contributed by atoms with Crippen LogP contribution in [0.1, 0.15) is 53.3 Å². The molecule has 0 saturated carbocycles. The van der Waals surface area contributed by atoms with Gasteiger partial charge in [0.1, 0.15) is 6.10 Å². The first-order valence-electron chi connectivity index (χ1n) is 5.79. The molecule has 0 aliphatic heterocycles. The fourth-order valence-electron chi connectivity index (χ4n) is 1.57. The highest BCUT2D eigenvalue weighted by molar-refractivity contribution is 5.09. The Balaban J connectivity index is 2.98. The van der Waals surface area contributed by atoms with Gasteiger partial charge in [-0.3, -0.25) is 4.98 Å². The first kappa shape index (κ1) is 13.2. The van der Waals surface area contributed by atoms with Crippen molar-refractivity contribution < 1.29 is 4.74 Å². The van der Waals surface area contributed by atoms with Crippen molar-refractivity contribution in [3.8, 4) is 0 Å². The molecule has 90 valence electrons. The van der Waals surface area contributed by atoms with Gasteiger partial charge in [0.2, 0.25) is 0 Å². The van der Waals surface area contributed by atoms with E-state index in [1.54, 1.807) is 0 Å². The van der Waals surface area contributed by atoms with Gasteiger partial charge >= 0.3 is 0 Å². The number of aromatic nitrogens is 1. The van der Waals surface area contributed by atoms with E-state index in [1.807, 2.05) is 24.4 Å². The Morgan fingerprint density at radius 2 is 1.69 bits per heavy atom. The molecule has 16 heavy (non-hydrogen) atoms. The van der Waals surface area contributed by atoms with Crippen molar-refractivity contribution in [1.82, 2.24) is 4.98 Å². The maximum atomic E-state index is 6.13. The van der Waals surface area contributed by atoms with E-state index in [9.17, 15) is 0 Å². The van der Waals surface area contributed by atoms with Crippen molar-refractivity contribution >= 4 is 0 Å². The summed E-state index contributed by atoms with van der Waals surface area (Å²) in [5.41, 5.74) is 0.891. The van der Waals surface area contributed by atoms with Crippen LogP contribution in [0.25, 0.3) is 0 Å². The van der Waals surface area contributed by atoms with Gasteiger partial charge in [0.15, 0.2) is 0 Å². The zero-order valence-corrected chi connectivity index (χ0v) is 11.2. The van der Waals surface area contributed by atoms with E-state index >= 15 is 0 Å². The van der Waals surface area contributed by atoms with E-state index in [1.165, 1.54) is 0 Å². The molecule has 1 aromatic heterocycles. The van der Waals surface area contributed by atoms with Gasteiger partial charge in [-0.15, -0.1) is 0 Å². The lowest BCUT2D eigenvalue weighted by atomic mass is 9.86. The normalized spacial score (nSPS) is 14.9. The smallest absolute Gasteiger partial charge is 0.105 e. The SMILES string of the molecule is CC(C)(C)OC(c1ccccn1)C(C)(C)C. The van der Waals surface area contributed by atoms with E-state index in [-0.39, 0.29) is 17.1 Å². The highest BCUT2D eigenvalue weighted by Crippen LogP contribution is 2.37. The molecule has 2 heteroatoms. The minimum Gasteiger partial charge on any atom is -0.366 e. The summed E-state index contributed by atoms with van der Waals surface area (Å²) < 4.78 is 6.13. The second-order valence-corrected chi connectivity index (χ2v) is 6.23. The van der Waals surface area contributed by atoms with Crippen LogP contribution in [0, 0.1) is 5.41 Å². The van der Waals surface area contributed by atoms with Crippen molar-refractivity contribution in [2.45, 2.75) is 53.2 Å². The monoisotopic (exact) mass is 221 g/mol. The molecule has 0 bridgehead atoms. The molecule has 0 amide bonds. The molecule has 1 unspecified atom stereocenters. The van der Waals surface area contributed by atoms with E-state index in [0.717, 1.165) is 5.69 Å². The summed E-state index contributed by atoms with van der Waals surface area (Å²) in [5, 5.41) is 0. The fourth-order valence-corrected chi connectivity index (χ4v) is 1.57. The number of rotatable bonds is 2. The van der Waals surface area contributed by atoms with Crippen molar-refractivity contribution in [1.29, 1.82) is 0 Å². The lowest BCUT2D eigenvalue weighted by molar-refractivity contribution is -0.109. The minimum atomic E-state index is -0.157. The van der Waals surface area contributed by atoms with Gasteiger partial charge in [-0.05, 0) is 38.3 Å². The molecule has 1 rings (SSSR count). The standard InChI is InChI=1S/C14H23NO/c1-13(2,3)12(16-14(4,5)6)11-9-7-8-10-15-11/h7-10,12H,1-6H3. The quantitative estimate of drug-likeness (QED) is 0.753. The summed E-state index contributed by atoms with van der Waals surface area (Å²) >= 11 is 0. The molecule has 2 nitrogen and oxygen atoms in total. The predicted octanol–water partition coefficient (Wildman–Crippen LogP) is 3.98. The van der Waals surface area contributed by atoms with E-state index in [0.29, 0.717) is 0 Å². The molecule has 1 atom stereocenters. The van der Waals surface area contributed by atoms with E-state index < -0.39 is 0 Å². The van der Waals surface area contributed by atoms with Gasteiger partial charge in [0, 0.05) is 6.20 Å². The number of nitrogens with zero attached hydrogens (tertiary/aromatic N) is 1. The first-order chi connectivity index (χ1) is 7.20. The largest absolute Gasteiger partial charge is 0.366 e. The van der Waals surface area contributed by atoms with Crippen LogP contribution in [0.2, 0.25) is 0 Å². The highest BCUT2D eigenvalue weighted by atomic mass is 16.5. The minimum absolute atomic E-state index is 0.0219. The summed E-state index contributed by atoms with van der Waals surface area (Å²) in [7, 11) is 0. The third kappa shape index (κ3) is 3.93. The van der Waals surface area contributed by atoms with Crippen molar-refractivity contribution in [3.63, 3.8) is 0 Å². The van der Waals surface area contributed by atoms with Crippen LogP contribution < -0.4 is 0 Å². The second-order valence-electron chi connectivity index (χ2n) is 6.23. The fraction of sp³-hybridized carbons (Fsp3) is 0.643. The Kier molecular flexibility index (Phi) is 3.74. The zero-order chi connectivity index (χ0) is 12.4. The Hall–Kier alpha value is -0.890. The number of ether oxygens (including phenoxy) is 1. The van der Waals surface area contributed by atoms with E-state index in [4.69, 9.17) is 4.74 Å². The molecule has 0 fully saturated rings. The Morgan fingerprint density at radius 1 is 1.06 bits per heavy atom. The summed E-state index contributed by atoms with van der Waals surface area (Å²) in [5.74, 6) is 0. The third-order valence-corrected chi connectivity index (χ3v) is 2.21. The number of hydrogen-bond donors (Lipinski definition) is 0. The Labute approximate surface area is 99.0 Å². The van der Waals surface area contributed by atoms with E-state index in [2.05, 4.69) is 46.5 Å². The maximum Gasteiger partial charge on any atom is 0.105 e. The molecule has 0 saturated heterocycles. The molecule has 0 N–H and O–H groups in total. The molecule has 0 radical (unpaired) electrons. The number of hydrogen-bond acceptors (Lipinski definition) is 2. The average molecular weight is 221 g/mol. The Bertz CT molecular complexity index is 319. The second kappa shape index (κ2) is 4.54. The van der Waals surface area contributed by atoms with Crippen molar-refractivity contribution in [2.24, 2.45) is 5.41 Å². The van der Waals surface area contributed by atoms with Crippen LogP contribution in [0.3, 0.4) is 0 Å². The van der Waals surface area contributed by atoms with Crippen molar-refractivity contribution in [3.05, 3.63) is 30.1 Å². The Morgan fingerprint density at radius 3 is 2.06 bits per heavy atom. The van der Waals surface area contributed by atoms with Crippen LogP contribution in [0.5, 0.6) is 0 Å². The molecule has 1 heterocycles.